The zero-order valence-corrected chi connectivity index (χ0v) is 20.7. The summed E-state index contributed by atoms with van der Waals surface area (Å²) in [5.74, 6) is 0.370. The number of hydrogen-bond donors (Lipinski definition) is 0. The molecule has 0 N–H and O–H groups in total. The van der Waals surface area contributed by atoms with Gasteiger partial charge in [0.2, 0.25) is 0 Å². The highest BCUT2D eigenvalue weighted by Crippen LogP contribution is 2.35. The van der Waals surface area contributed by atoms with E-state index in [9.17, 15) is 23.2 Å². The highest BCUT2D eigenvalue weighted by molar-refractivity contribution is 7.98. The third-order valence-corrected chi connectivity index (χ3v) is 6.45. The fraction of sp³-hybridized carbons (Fsp3) is 0.160. The first-order valence-corrected chi connectivity index (χ1v) is 11.7. The van der Waals surface area contributed by atoms with Gasteiger partial charge in [-0.2, -0.15) is 18.4 Å². The lowest BCUT2D eigenvalue weighted by Gasteiger charge is -2.13. The van der Waals surface area contributed by atoms with Crippen molar-refractivity contribution in [2.24, 2.45) is 0 Å². The van der Waals surface area contributed by atoms with Gasteiger partial charge in [-0.15, -0.1) is 11.8 Å². The van der Waals surface area contributed by atoms with E-state index in [1.54, 1.807) is 30.3 Å². The molecule has 0 bridgehead atoms. The van der Waals surface area contributed by atoms with Gasteiger partial charge in [-0.05, 0) is 60.5 Å². The van der Waals surface area contributed by atoms with Gasteiger partial charge in [-0.3, -0.25) is 4.79 Å². The average molecular weight is 537 g/mol. The molecule has 1 aromatic heterocycles. The first-order valence-electron chi connectivity index (χ1n) is 9.99. The Kier molecular flexibility index (Phi) is 8.49. The molecule has 0 spiro atoms. The number of ketones is 1. The van der Waals surface area contributed by atoms with Crippen LogP contribution in [-0.4, -0.2) is 17.9 Å². The highest BCUT2D eigenvalue weighted by Gasteiger charge is 2.34. The molecule has 2 aromatic carbocycles. The van der Waals surface area contributed by atoms with Crippen molar-refractivity contribution in [2.75, 3.05) is 7.11 Å². The number of methoxy groups -OCH3 is 1. The van der Waals surface area contributed by atoms with Gasteiger partial charge >= 0.3 is 6.18 Å². The van der Waals surface area contributed by atoms with Crippen LogP contribution in [0.4, 0.5) is 13.2 Å². The van der Waals surface area contributed by atoms with E-state index in [1.807, 2.05) is 6.07 Å². The third kappa shape index (κ3) is 6.57. The number of pyridine rings is 1. The van der Waals surface area contributed by atoms with Crippen LogP contribution in [-0.2, 0) is 11.9 Å². The van der Waals surface area contributed by atoms with Gasteiger partial charge in [0.15, 0.2) is 5.78 Å². The minimum Gasteiger partial charge on any atom is -0.496 e. The number of allylic oxidation sites excluding steroid dienone is 1. The van der Waals surface area contributed by atoms with E-state index in [0.717, 1.165) is 17.8 Å². The van der Waals surface area contributed by atoms with Crippen LogP contribution >= 0.6 is 35.0 Å². The quantitative estimate of drug-likeness (QED) is 0.175. The van der Waals surface area contributed by atoms with Crippen molar-refractivity contribution in [3.8, 4) is 11.8 Å². The van der Waals surface area contributed by atoms with E-state index in [4.69, 9.17) is 27.9 Å². The Labute approximate surface area is 214 Å². The molecule has 0 aliphatic carbocycles. The monoisotopic (exact) mass is 536 g/mol. The second-order valence-corrected chi connectivity index (χ2v) is 9.10. The molecule has 0 unspecified atom stereocenters. The van der Waals surface area contributed by atoms with Crippen LogP contribution in [0.15, 0.2) is 53.6 Å². The Morgan fingerprint density at radius 1 is 1.20 bits per heavy atom. The normalized spacial score (nSPS) is 11.5. The molecule has 0 fully saturated rings. The number of thioether (sulfide) groups is 1. The first kappa shape index (κ1) is 26.6. The molecule has 0 radical (unpaired) electrons. The molecule has 3 rings (SSSR count). The van der Waals surface area contributed by atoms with Crippen LogP contribution in [0.1, 0.15) is 38.3 Å². The maximum atomic E-state index is 13.2. The Morgan fingerprint density at radius 3 is 2.57 bits per heavy atom. The van der Waals surface area contributed by atoms with Crippen LogP contribution in [0.5, 0.6) is 5.75 Å². The maximum absolute atomic E-state index is 13.2. The number of ether oxygens (including phenoxy) is 1. The number of carbonyl (C=O) groups is 1. The molecule has 1 heterocycles. The first-order chi connectivity index (χ1) is 16.5. The zero-order valence-electron chi connectivity index (χ0n) is 18.4. The fourth-order valence-electron chi connectivity index (χ4n) is 3.14. The van der Waals surface area contributed by atoms with Gasteiger partial charge in [-0.1, -0.05) is 35.3 Å². The van der Waals surface area contributed by atoms with Crippen molar-refractivity contribution >= 4 is 46.8 Å². The van der Waals surface area contributed by atoms with Crippen LogP contribution in [0, 0.1) is 18.3 Å². The molecule has 180 valence electrons. The second kappa shape index (κ2) is 11.2. The number of aromatic nitrogens is 1. The number of hydrogen-bond acceptors (Lipinski definition) is 5. The Hall–Kier alpha value is -2.99. The molecule has 0 aliphatic rings. The van der Waals surface area contributed by atoms with E-state index < -0.39 is 11.9 Å². The van der Waals surface area contributed by atoms with Crippen LogP contribution in [0.2, 0.25) is 10.0 Å². The summed E-state index contributed by atoms with van der Waals surface area (Å²) in [5, 5.41) is 10.0. The lowest BCUT2D eigenvalue weighted by molar-refractivity contribution is -0.141. The van der Waals surface area contributed by atoms with E-state index in [0.29, 0.717) is 27.5 Å². The number of rotatable bonds is 7. The van der Waals surface area contributed by atoms with Crippen LogP contribution in [0.3, 0.4) is 0 Å². The van der Waals surface area contributed by atoms with Crippen molar-refractivity contribution in [1.29, 1.82) is 5.26 Å². The number of nitrogens with zero attached hydrogens (tertiary/aromatic N) is 2. The lowest BCUT2D eigenvalue weighted by Crippen LogP contribution is -2.10. The number of alkyl halides is 3. The summed E-state index contributed by atoms with van der Waals surface area (Å²) in [6, 6.07) is 12.5. The zero-order chi connectivity index (χ0) is 25.8. The molecule has 0 amide bonds. The van der Waals surface area contributed by atoms with Gasteiger partial charge in [0.25, 0.3) is 0 Å². The minimum atomic E-state index is -4.63. The molecule has 10 heteroatoms. The summed E-state index contributed by atoms with van der Waals surface area (Å²) in [5.41, 5.74) is 0.834. The molecule has 3 aromatic rings. The smallest absolute Gasteiger partial charge is 0.433 e. The molecular weight excluding hydrogens is 520 g/mol. The summed E-state index contributed by atoms with van der Waals surface area (Å²) < 4.78 is 45.0. The van der Waals surface area contributed by atoms with Gasteiger partial charge in [0, 0.05) is 21.9 Å². The minimum absolute atomic E-state index is 0.0182. The fourth-order valence-corrected chi connectivity index (χ4v) is 4.67. The standard InChI is InChI=1S/C25H17Cl2F3N2O2S/c1-14-9-23(25(28,29)30)32-24(19(14)12-31)35-13-16-10-15(4-8-22(16)34-2)3-7-21(33)18-6-5-17(26)11-20(18)27/h3-11H,13H2,1-2H3/b7-3+. The molecule has 0 saturated heterocycles. The predicted molar refractivity (Wildman–Crippen MR) is 131 cm³/mol. The number of aryl methyl sites for hydroxylation is 1. The third-order valence-electron chi connectivity index (χ3n) is 4.88. The van der Waals surface area contributed by atoms with Crippen molar-refractivity contribution in [3.63, 3.8) is 0 Å². The topological polar surface area (TPSA) is 63.0 Å². The Bertz CT molecular complexity index is 1350. The van der Waals surface area contributed by atoms with E-state index >= 15 is 0 Å². The number of carbonyl (C=O) groups excluding carboxylic acids is 1. The summed E-state index contributed by atoms with van der Waals surface area (Å²) in [6.07, 6.45) is -1.68. The number of halogens is 5. The molecule has 0 saturated carbocycles. The maximum Gasteiger partial charge on any atom is 0.433 e. The van der Waals surface area contributed by atoms with E-state index in [2.05, 4.69) is 4.98 Å². The SMILES string of the molecule is COc1ccc(/C=C/C(=O)c2ccc(Cl)cc2Cl)cc1CSc1nc(C(F)(F)F)cc(C)c1C#N. The summed E-state index contributed by atoms with van der Waals surface area (Å²) in [7, 11) is 1.47. The lowest BCUT2D eigenvalue weighted by atomic mass is 10.1. The number of benzene rings is 2. The van der Waals surface area contributed by atoms with Gasteiger partial charge in [0.05, 0.1) is 17.7 Å². The molecule has 0 aliphatic heterocycles. The van der Waals surface area contributed by atoms with Crippen LogP contribution in [0.25, 0.3) is 6.08 Å². The summed E-state index contributed by atoms with van der Waals surface area (Å²) in [6.45, 7) is 1.44. The van der Waals surface area contributed by atoms with Gasteiger partial charge < -0.3 is 4.74 Å². The average Bonchev–Trinajstić information content (AvgIpc) is 2.80. The van der Waals surface area contributed by atoms with E-state index in [1.165, 1.54) is 32.2 Å². The second-order valence-electron chi connectivity index (χ2n) is 7.30. The van der Waals surface area contributed by atoms with Crippen molar-refractivity contribution in [1.82, 2.24) is 4.98 Å². The van der Waals surface area contributed by atoms with Gasteiger partial charge in [-0.25, -0.2) is 4.98 Å². The summed E-state index contributed by atoms with van der Waals surface area (Å²) in [4.78, 5) is 16.2. The molecular formula is C25H17Cl2F3N2O2S. The van der Waals surface area contributed by atoms with Gasteiger partial charge in [0.1, 0.15) is 22.5 Å². The number of nitriles is 1. The Morgan fingerprint density at radius 2 is 1.94 bits per heavy atom. The van der Waals surface area contributed by atoms with Crippen molar-refractivity contribution in [3.05, 3.63) is 92.1 Å². The van der Waals surface area contributed by atoms with Crippen LogP contribution < -0.4 is 4.74 Å². The van der Waals surface area contributed by atoms with E-state index in [-0.39, 0.29) is 32.7 Å². The largest absolute Gasteiger partial charge is 0.496 e. The predicted octanol–water partition coefficient (Wildman–Crippen LogP) is 7.78. The Balaban J connectivity index is 1.86. The van der Waals surface area contributed by atoms with Crippen molar-refractivity contribution in [2.45, 2.75) is 23.9 Å². The molecule has 4 nitrogen and oxygen atoms in total. The molecule has 0 atom stereocenters. The highest BCUT2D eigenvalue weighted by atomic mass is 35.5. The van der Waals surface area contributed by atoms with Crippen molar-refractivity contribution < 1.29 is 22.7 Å². The molecule has 35 heavy (non-hydrogen) atoms. The summed E-state index contributed by atoms with van der Waals surface area (Å²) >= 11 is 13.0.